The van der Waals surface area contributed by atoms with Crippen LogP contribution in [0, 0.1) is 31.0 Å². The zero-order chi connectivity index (χ0) is 19.6. The molecule has 2 amide bonds. The monoisotopic (exact) mass is 384 g/mol. The number of amides is 2. The first kappa shape index (κ1) is 18.7. The Morgan fingerprint density at radius 2 is 2.04 bits per heavy atom. The van der Waals surface area contributed by atoms with Gasteiger partial charge in [-0.1, -0.05) is 12.1 Å². The van der Waals surface area contributed by atoms with Crippen molar-refractivity contribution in [3.8, 4) is 6.07 Å². The Morgan fingerprint density at radius 1 is 1.33 bits per heavy atom. The molecule has 3 rings (SSSR count). The van der Waals surface area contributed by atoms with Gasteiger partial charge in [-0.2, -0.15) is 10.4 Å². The van der Waals surface area contributed by atoms with Crippen LogP contribution in [0.15, 0.2) is 29.4 Å². The molecule has 138 valence electrons. The molecular formula is C19H17FN4O2S. The number of anilines is 1. The summed E-state index contributed by atoms with van der Waals surface area (Å²) >= 11 is 1.34. The van der Waals surface area contributed by atoms with E-state index < -0.39 is 5.91 Å². The van der Waals surface area contributed by atoms with Crippen LogP contribution in [0.25, 0.3) is 0 Å². The molecule has 1 aliphatic rings. The van der Waals surface area contributed by atoms with Gasteiger partial charge in [0.25, 0.3) is 5.91 Å². The standard InChI is InChI=1S/C19H17FN4O2S/c1-11-12(2)27-19(15(11)9-21)22-18(26)16-7-8-17(25)24(23-16)10-13-3-5-14(20)6-4-13/h3-6H,7-8,10H2,1-2H3,(H,22,26). The third-order valence-electron chi connectivity index (χ3n) is 4.34. The van der Waals surface area contributed by atoms with Crippen molar-refractivity contribution in [1.82, 2.24) is 5.01 Å². The minimum Gasteiger partial charge on any atom is -0.311 e. The molecule has 1 aromatic carbocycles. The number of carbonyl (C=O) groups is 2. The summed E-state index contributed by atoms with van der Waals surface area (Å²) in [5.74, 6) is -0.983. The van der Waals surface area contributed by atoms with Gasteiger partial charge in [0.1, 0.15) is 22.6 Å². The van der Waals surface area contributed by atoms with Crippen LogP contribution in [-0.4, -0.2) is 22.5 Å². The first-order valence-electron chi connectivity index (χ1n) is 8.32. The molecule has 1 aromatic heterocycles. The SMILES string of the molecule is Cc1sc(NC(=O)C2=NN(Cc3ccc(F)cc3)C(=O)CC2)c(C#N)c1C. The quantitative estimate of drug-likeness (QED) is 0.875. The number of rotatable bonds is 4. The number of nitriles is 1. The molecule has 1 N–H and O–H groups in total. The Labute approximate surface area is 159 Å². The summed E-state index contributed by atoms with van der Waals surface area (Å²) in [5, 5.41) is 17.9. The predicted octanol–water partition coefficient (Wildman–Crippen LogP) is 3.49. The number of halogens is 1. The highest BCUT2D eigenvalue weighted by Gasteiger charge is 2.26. The lowest BCUT2D eigenvalue weighted by molar-refractivity contribution is -0.132. The van der Waals surface area contributed by atoms with Crippen LogP contribution in [0.3, 0.4) is 0 Å². The number of carbonyl (C=O) groups excluding carboxylic acids is 2. The fraction of sp³-hybridized carbons (Fsp3) is 0.263. The predicted molar refractivity (Wildman–Crippen MR) is 101 cm³/mol. The van der Waals surface area contributed by atoms with E-state index in [0.717, 1.165) is 10.4 Å². The number of nitrogens with one attached hydrogen (secondary N) is 1. The third kappa shape index (κ3) is 4.04. The van der Waals surface area contributed by atoms with Crippen LogP contribution >= 0.6 is 11.3 Å². The first-order valence-corrected chi connectivity index (χ1v) is 9.14. The second-order valence-electron chi connectivity index (χ2n) is 6.18. The Morgan fingerprint density at radius 3 is 2.70 bits per heavy atom. The lowest BCUT2D eigenvalue weighted by atomic mass is 10.1. The largest absolute Gasteiger partial charge is 0.311 e. The maximum absolute atomic E-state index is 13.0. The van der Waals surface area contributed by atoms with E-state index in [1.54, 1.807) is 12.1 Å². The Kier molecular flexibility index (Phi) is 5.33. The van der Waals surface area contributed by atoms with Crippen LogP contribution in [-0.2, 0) is 16.1 Å². The molecule has 0 spiro atoms. The summed E-state index contributed by atoms with van der Waals surface area (Å²) in [6.45, 7) is 3.88. The van der Waals surface area contributed by atoms with Gasteiger partial charge in [0.15, 0.2) is 0 Å². The van der Waals surface area contributed by atoms with E-state index in [1.807, 2.05) is 13.8 Å². The van der Waals surface area contributed by atoms with Crippen LogP contribution < -0.4 is 5.32 Å². The average Bonchev–Trinajstić information content (AvgIpc) is 2.91. The van der Waals surface area contributed by atoms with E-state index in [2.05, 4.69) is 16.5 Å². The van der Waals surface area contributed by atoms with E-state index in [1.165, 1.54) is 28.5 Å². The maximum atomic E-state index is 13.0. The van der Waals surface area contributed by atoms with Crippen molar-refractivity contribution in [1.29, 1.82) is 5.26 Å². The van der Waals surface area contributed by atoms with E-state index >= 15 is 0 Å². The van der Waals surface area contributed by atoms with Crippen molar-refractivity contribution in [3.63, 3.8) is 0 Å². The lowest BCUT2D eigenvalue weighted by Crippen LogP contribution is -2.36. The number of hydrazone groups is 1. The highest BCUT2D eigenvalue weighted by atomic mass is 32.1. The molecule has 8 heteroatoms. The molecule has 2 aromatic rings. The Hall–Kier alpha value is -3.05. The Balaban J connectivity index is 1.78. The van der Waals surface area contributed by atoms with E-state index in [4.69, 9.17) is 0 Å². The van der Waals surface area contributed by atoms with Crippen LogP contribution in [0.1, 0.15) is 34.4 Å². The van der Waals surface area contributed by atoms with Gasteiger partial charge in [-0.05, 0) is 37.1 Å². The van der Waals surface area contributed by atoms with Crippen molar-refractivity contribution >= 4 is 33.9 Å². The van der Waals surface area contributed by atoms with Gasteiger partial charge in [-0.15, -0.1) is 11.3 Å². The van der Waals surface area contributed by atoms with E-state index in [9.17, 15) is 19.2 Å². The van der Waals surface area contributed by atoms with Crippen LogP contribution in [0.5, 0.6) is 0 Å². The van der Waals surface area contributed by atoms with Crippen molar-refractivity contribution in [3.05, 3.63) is 51.7 Å². The summed E-state index contributed by atoms with van der Waals surface area (Å²) in [5.41, 5.74) is 2.23. The third-order valence-corrected chi connectivity index (χ3v) is 5.46. The van der Waals surface area contributed by atoms with Gasteiger partial charge < -0.3 is 5.32 Å². The Bertz CT molecular complexity index is 973. The number of thiophene rings is 1. The van der Waals surface area contributed by atoms with Gasteiger partial charge >= 0.3 is 0 Å². The summed E-state index contributed by atoms with van der Waals surface area (Å²) in [6, 6.07) is 7.87. The molecule has 0 atom stereocenters. The fourth-order valence-corrected chi connectivity index (χ4v) is 3.68. The molecule has 2 heterocycles. The van der Waals surface area contributed by atoms with Gasteiger partial charge in [0, 0.05) is 17.7 Å². The molecular weight excluding hydrogens is 367 g/mol. The molecule has 0 aliphatic carbocycles. The number of hydrogen-bond donors (Lipinski definition) is 1. The zero-order valence-electron chi connectivity index (χ0n) is 14.9. The minimum absolute atomic E-state index is 0.163. The van der Waals surface area contributed by atoms with Crippen molar-refractivity contribution in [2.24, 2.45) is 5.10 Å². The van der Waals surface area contributed by atoms with Crippen LogP contribution in [0.4, 0.5) is 9.39 Å². The second-order valence-corrected chi connectivity index (χ2v) is 7.40. The highest BCUT2D eigenvalue weighted by molar-refractivity contribution is 7.16. The minimum atomic E-state index is -0.427. The maximum Gasteiger partial charge on any atom is 0.272 e. The molecule has 0 fully saturated rings. The second kappa shape index (κ2) is 7.68. The molecule has 0 saturated carbocycles. The molecule has 0 saturated heterocycles. The van der Waals surface area contributed by atoms with Crippen molar-refractivity contribution in [2.45, 2.75) is 33.2 Å². The zero-order valence-corrected chi connectivity index (χ0v) is 15.7. The van der Waals surface area contributed by atoms with Crippen LogP contribution in [0.2, 0.25) is 0 Å². The molecule has 6 nitrogen and oxygen atoms in total. The number of benzene rings is 1. The smallest absolute Gasteiger partial charge is 0.272 e. The van der Waals surface area contributed by atoms with E-state index in [-0.39, 0.29) is 36.8 Å². The number of aryl methyl sites for hydroxylation is 1. The number of hydrogen-bond acceptors (Lipinski definition) is 5. The normalized spacial score (nSPS) is 13.9. The molecule has 0 bridgehead atoms. The van der Waals surface area contributed by atoms with Gasteiger partial charge in [-0.3, -0.25) is 9.59 Å². The summed E-state index contributed by atoms with van der Waals surface area (Å²) in [6.07, 6.45) is 0.400. The van der Waals surface area contributed by atoms with E-state index in [0.29, 0.717) is 16.1 Å². The van der Waals surface area contributed by atoms with Gasteiger partial charge in [0.2, 0.25) is 5.91 Å². The highest BCUT2D eigenvalue weighted by Crippen LogP contribution is 2.31. The van der Waals surface area contributed by atoms with Gasteiger partial charge in [0.05, 0.1) is 12.1 Å². The number of nitrogens with zero attached hydrogens (tertiary/aromatic N) is 3. The average molecular weight is 384 g/mol. The fourth-order valence-electron chi connectivity index (χ4n) is 2.68. The van der Waals surface area contributed by atoms with Crippen molar-refractivity contribution in [2.75, 3.05) is 5.32 Å². The summed E-state index contributed by atoms with van der Waals surface area (Å²) in [7, 11) is 0. The first-order chi connectivity index (χ1) is 12.9. The topological polar surface area (TPSA) is 85.6 Å². The van der Waals surface area contributed by atoms with Crippen molar-refractivity contribution < 1.29 is 14.0 Å². The molecule has 0 radical (unpaired) electrons. The molecule has 27 heavy (non-hydrogen) atoms. The summed E-state index contributed by atoms with van der Waals surface area (Å²) < 4.78 is 13.0. The molecule has 1 aliphatic heterocycles. The summed E-state index contributed by atoms with van der Waals surface area (Å²) in [4.78, 5) is 25.6. The lowest BCUT2D eigenvalue weighted by Gasteiger charge is -2.23. The molecule has 0 unspecified atom stereocenters. The van der Waals surface area contributed by atoms with Gasteiger partial charge in [-0.25, -0.2) is 9.40 Å².